The summed E-state index contributed by atoms with van der Waals surface area (Å²) in [5.74, 6) is 0.0546. The first-order valence-corrected chi connectivity index (χ1v) is 10.8. The van der Waals surface area contributed by atoms with Crippen molar-refractivity contribution in [3.05, 3.63) is 71.9 Å². The number of rotatable bonds is 5. The molecule has 0 radical (unpaired) electrons. The standard InChI is InChI=1S/C24H23FN6O2/c1-14-11-16(8-9-26-14)22-18-13-27-21(12-19(18)30-31-22)28-24(32)29-23(20-3-2-10-33-20)15-4-6-17(25)7-5-15/h4-9,11-13,20,23H,2-3,10H2,1H3,(H,30,31)(H2,27,28,29,32). The molecule has 0 saturated carbocycles. The van der Waals surface area contributed by atoms with Crippen LogP contribution in [-0.2, 0) is 4.74 Å². The number of fused-ring (bicyclic) bond motifs is 1. The summed E-state index contributed by atoms with van der Waals surface area (Å²) in [6, 6.07) is 10.9. The zero-order valence-electron chi connectivity index (χ0n) is 18.0. The van der Waals surface area contributed by atoms with Crippen molar-refractivity contribution < 1.29 is 13.9 Å². The molecule has 1 fully saturated rings. The largest absolute Gasteiger partial charge is 0.376 e. The number of carbonyl (C=O) groups is 1. The molecule has 2 amide bonds. The molecule has 1 aliphatic rings. The number of carbonyl (C=O) groups excluding carboxylic acids is 1. The van der Waals surface area contributed by atoms with Crippen LogP contribution in [0.25, 0.3) is 22.2 Å². The second-order valence-electron chi connectivity index (χ2n) is 8.05. The number of hydrogen-bond acceptors (Lipinski definition) is 5. The van der Waals surface area contributed by atoms with Gasteiger partial charge >= 0.3 is 6.03 Å². The van der Waals surface area contributed by atoms with Crippen molar-refractivity contribution in [2.75, 3.05) is 11.9 Å². The first-order chi connectivity index (χ1) is 16.1. The van der Waals surface area contributed by atoms with E-state index in [4.69, 9.17) is 4.74 Å². The third-order valence-electron chi connectivity index (χ3n) is 5.71. The molecule has 1 saturated heterocycles. The maximum atomic E-state index is 13.4. The molecule has 2 unspecified atom stereocenters. The lowest BCUT2D eigenvalue weighted by molar-refractivity contribution is 0.0815. The molecule has 8 nitrogen and oxygen atoms in total. The van der Waals surface area contributed by atoms with Gasteiger partial charge in [0.05, 0.1) is 17.7 Å². The number of aromatic amines is 1. The number of urea groups is 1. The van der Waals surface area contributed by atoms with E-state index in [0.29, 0.717) is 12.4 Å². The molecule has 33 heavy (non-hydrogen) atoms. The van der Waals surface area contributed by atoms with E-state index >= 15 is 0 Å². The van der Waals surface area contributed by atoms with Crippen molar-refractivity contribution in [1.82, 2.24) is 25.5 Å². The predicted molar refractivity (Wildman–Crippen MR) is 122 cm³/mol. The Hall–Kier alpha value is -3.85. The number of aromatic nitrogens is 4. The Morgan fingerprint density at radius 1 is 1.21 bits per heavy atom. The first-order valence-electron chi connectivity index (χ1n) is 10.8. The van der Waals surface area contributed by atoms with E-state index in [2.05, 4.69) is 30.8 Å². The van der Waals surface area contributed by atoms with Gasteiger partial charge in [-0.2, -0.15) is 5.10 Å². The van der Waals surface area contributed by atoms with Crippen LogP contribution < -0.4 is 10.6 Å². The number of aryl methyl sites for hydroxylation is 1. The van der Waals surface area contributed by atoms with Crippen molar-refractivity contribution in [1.29, 1.82) is 0 Å². The first kappa shape index (κ1) is 21.0. The molecule has 9 heteroatoms. The fraction of sp³-hybridized carbons (Fsp3) is 0.250. The maximum absolute atomic E-state index is 13.4. The van der Waals surface area contributed by atoms with Crippen LogP contribution in [0.15, 0.2) is 54.9 Å². The minimum atomic E-state index is -0.420. The number of amides is 2. The number of nitrogens with one attached hydrogen (secondary N) is 3. The second-order valence-corrected chi connectivity index (χ2v) is 8.05. The Morgan fingerprint density at radius 2 is 2.06 bits per heavy atom. The van der Waals surface area contributed by atoms with E-state index in [1.807, 2.05) is 19.1 Å². The molecule has 0 bridgehead atoms. The van der Waals surface area contributed by atoms with E-state index in [-0.39, 0.29) is 11.9 Å². The fourth-order valence-electron chi connectivity index (χ4n) is 4.11. The minimum Gasteiger partial charge on any atom is -0.376 e. The maximum Gasteiger partial charge on any atom is 0.320 e. The minimum absolute atomic E-state index is 0.171. The molecule has 4 aromatic rings. The molecule has 1 aliphatic heterocycles. The topological polar surface area (TPSA) is 105 Å². The monoisotopic (exact) mass is 446 g/mol. The van der Waals surface area contributed by atoms with Gasteiger partial charge < -0.3 is 10.1 Å². The van der Waals surface area contributed by atoms with E-state index in [0.717, 1.165) is 46.3 Å². The average Bonchev–Trinajstić information content (AvgIpc) is 3.48. The number of H-pyrrole nitrogens is 1. The van der Waals surface area contributed by atoms with Gasteiger partial charge in [0, 0.05) is 41.7 Å². The number of halogens is 1. The Bertz CT molecular complexity index is 1280. The normalized spacial score (nSPS) is 16.6. The van der Waals surface area contributed by atoms with Crippen molar-refractivity contribution >= 4 is 22.8 Å². The predicted octanol–water partition coefficient (Wildman–Crippen LogP) is 4.51. The van der Waals surface area contributed by atoms with E-state index in [9.17, 15) is 9.18 Å². The highest BCUT2D eigenvalue weighted by atomic mass is 19.1. The van der Waals surface area contributed by atoms with Gasteiger partial charge in [0.25, 0.3) is 0 Å². The van der Waals surface area contributed by atoms with Gasteiger partial charge in [-0.25, -0.2) is 14.2 Å². The summed E-state index contributed by atoms with van der Waals surface area (Å²) in [6.45, 7) is 2.57. The molecule has 3 N–H and O–H groups in total. The van der Waals surface area contributed by atoms with Crippen LogP contribution in [0.5, 0.6) is 0 Å². The summed E-state index contributed by atoms with van der Waals surface area (Å²) < 4.78 is 19.2. The van der Waals surface area contributed by atoms with Crippen LogP contribution in [0.4, 0.5) is 15.0 Å². The number of anilines is 1. The smallest absolute Gasteiger partial charge is 0.320 e. The highest BCUT2D eigenvalue weighted by Gasteiger charge is 2.29. The molecule has 168 valence electrons. The van der Waals surface area contributed by atoms with Gasteiger partial charge in [-0.3, -0.25) is 15.4 Å². The Kier molecular flexibility index (Phi) is 5.70. The molecule has 1 aromatic carbocycles. The molecule has 4 heterocycles. The van der Waals surface area contributed by atoms with Crippen LogP contribution in [0.2, 0.25) is 0 Å². The third-order valence-corrected chi connectivity index (χ3v) is 5.71. The molecular formula is C24H23FN6O2. The summed E-state index contributed by atoms with van der Waals surface area (Å²) in [4.78, 5) is 21.4. The van der Waals surface area contributed by atoms with E-state index < -0.39 is 12.1 Å². The van der Waals surface area contributed by atoms with Crippen LogP contribution in [-0.4, -0.2) is 38.9 Å². The third kappa shape index (κ3) is 4.54. The zero-order chi connectivity index (χ0) is 22.8. The zero-order valence-corrected chi connectivity index (χ0v) is 18.0. The molecule has 0 aliphatic carbocycles. The summed E-state index contributed by atoms with van der Waals surface area (Å²) in [7, 11) is 0. The molecule has 0 spiro atoms. The van der Waals surface area contributed by atoms with Crippen LogP contribution in [0.3, 0.4) is 0 Å². The summed E-state index contributed by atoms with van der Waals surface area (Å²) >= 11 is 0. The number of benzene rings is 1. The van der Waals surface area contributed by atoms with E-state index in [1.54, 1.807) is 30.6 Å². The Morgan fingerprint density at radius 3 is 2.82 bits per heavy atom. The Labute approximate surface area is 189 Å². The van der Waals surface area contributed by atoms with Gasteiger partial charge in [-0.1, -0.05) is 12.1 Å². The fourth-order valence-corrected chi connectivity index (χ4v) is 4.11. The molecule has 5 rings (SSSR count). The number of nitrogens with zero attached hydrogens (tertiary/aromatic N) is 3. The van der Waals surface area contributed by atoms with Crippen molar-refractivity contribution in [3.8, 4) is 11.3 Å². The lowest BCUT2D eigenvalue weighted by Crippen LogP contribution is -2.38. The van der Waals surface area contributed by atoms with Gasteiger partial charge in [-0.15, -0.1) is 0 Å². The van der Waals surface area contributed by atoms with E-state index in [1.165, 1.54) is 12.1 Å². The SMILES string of the molecule is Cc1cc(-c2n[nH]c3cc(NC(=O)NC(c4ccc(F)cc4)C4CCCO4)ncc23)ccn1. The van der Waals surface area contributed by atoms with Crippen molar-refractivity contribution in [2.45, 2.75) is 31.9 Å². The number of hydrogen-bond donors (Lipinski definition) is 3. The van der Waals surface area contributed by atoms with Gasteiger partial charge in [-0.05, 0) is 49.6 Å². The second kappa shape index (κ2) is 8.95. The number of pyridine rings is 2. The van der Waals surface area contributed by atoms with Crippen LogP contribution in [0.1, 0.15) is 30.1 Å². The molecule has 3 aromatic heterocycles. The van der Waals surface area contributed by atoms with Crippen LogP contribution in [0, 0.1) is 12.7 Å². The number of ether oxygens (including phenoxy) is 1. The highest BCUT2D eigenvalue weighted by Crippen LogP contribution is 2.29. The average molecular weight is 446 g/mol. The van der Waals surface area contributed by atoms with Crippen molar-refractivity contribution in [3.63, 3.8) is 0 Å². The van der Waals surface area contributed by atoms with Crippen LogP contribution >= 0.6 is 0 Å². The molecule has 2 atom stereocenters. The van der Waals surface area contributed by atoms with Crippen molar-refractivity contribution in [2.24, 2.45) is 0 Å². The quantitative estimate of drug-likeness (QED) is 0.418. The summed E-state index contributed by atoms with van der Waals surface area (Å²) in [5, 5.41) is 14.0. The highest BCUT2D eigenvalue weighted by molar-refractivity contribution is 5.95. The summed E-state index contributed by atoms with van der Waals surface area (Å²) in [5.41, 5.74) is 4.14. The van der Waals surface area contributed by atoms with Gasteiger partial charge in [0.2, 0.25) is 0 Å². The lowest BCUT2D eigenvalue weighted by Gasteiger charge is -2.24. The van der Waals surface area contributed by atoms with Gasteiger partial charge in [0.15, 0.2) is 0 Å². The summed E-state index contributed by atoms with van der Waals surface area (Å²) in [6.07, 6.45) is 4.98. The van der Waals surface area contributed by atoms with Gasteiger partial charge in [0.1, 0.15) is 17.3 Å². The Balaban J connectivity index is 1.34. The molecular weight excluding hydrogens is 423 g/mol. The lowest BCUT2D eigenvalue weighted by atomic mass is 9.99.